The number of hydrogen-bond acceptors (Lipinski definition) is 8. The van der Waals surface area contributed by atoms with Gasteiger partial charge in [-0.15, -0.1) is 0 Å². The molecule has 0 bridgehead atoms. The summed E-state index contributed by atoms with van der Waals surface area (Å²) in [6.45, 7) is 3.60. The van der Waals surface area contributed by atoms with Gasteiger partial charge >= 0.3 is 11.9 Å². The number of nitrogen functional groups attached to an aromatic ring is 1. The predicted molar refractivity (Wildman–Crippen MR) is 88.8 cm³/mol. The fourth-order valence-electron chi connectivity index (χ4n) is 2.13. The smallest absolute Gasteiger partial charge is 0.302 e. The summed E-state index contributed by atoms with van der Waals surface area (Å²) >= 11 is 3.35. The molecule has 0 saturated heterocycles. The van der Waals surface area contributed by atoms with Gasteiger partial charge in [-0.25, -0.2) is 9.97 Å². The Morgan fingerprint density at radius 2 is 1.88 bits per heavy atom. The van der Waals surface area contributed by atoms with Gasteiger partial charge in [-0.3, -0.25) is 9.59 Å². The van der Waals surface area contributed by atoms with Crippen molar-refractivity contribution < 1.29 is 19.1 Å². The van der Waals surface area contributed by atoms with Gasteiger partial charge < -0.3 is 19.8 Å². The van der Waals surface area contributed by atoms with Crippen molar-refractivity contribution in [3.8, 4) is 0 Å². The summed E-state index contributed by atoms with van der Waals surface area (Å²) in [4.78, 5) is 34.3. The highest BCUT2D eigenvalue weighted by molar-refractivity contribution is 9.10. The third kappa shape index (κ3) is 4.88. The van der Waals surface area contributed by atoms with Gasteiger partial charge in [-0.1, -0.05) is 0 Å². The quantitative estimate of drug-likeness (QED) is 0.545. The van der Waals surface area contributed by atoms with Crippen molar-refractivity contribution in [1.29, 1.82) is 0 Å². The summed E-state index contributed by atoms with van der Waals surface area (Å²) in [5.74, 6) is -0.726. The first-order chi connectivity index (χ1) is 11.4. The minimum Gasteiger partial charge on any atom is -0.465 e. The number of halogens is 1. The number of nitrogens with two attached hydrogens (primary N) is 1. The summed E-state index contributed by atoms with van der Waals surface area (Å²) < 4.78 is 12.5. The Bertz CT molecular complexity index is 730. The Labute approximate surface area is 146 Å². The number of aromatic nitrogens is 4. The molecule has 0 fully saturated rings. The van der Waals surface area contributed by atoms with Crippen LogP contribution >= 0.6 is 15.9 Å². The standard InChI is InChI=1S/C14H18BrN5O4/c1-8(21)23-5-10(6-24-9(2)22)3-4-20-7-17-13-11(20)12(15)18-14(16)19-13/h7,10H,3-6H2,1-2H3,(H2,16,18,19). The van der Waals surface area contributed by atoms with Crippen LogP contribution in [-0.4, -0.2) is 44.7 Å². The monoisotopic (exact) mass is 399 g/mol. The molecule has 10 heteroatoms. The van der Waals surface area contributed by atoms with Gasteiger partial charge in [0.25, 0.3) is 0 Å². The van der Waals surface area contributed by atoms with E-state index in [0.717, 1.165) is 5.52 Å². The number of fused-ring (bicyclic) bond motifs is 1. The van der Waals surface area contributed by atoms with Crippen LogP contribution in [0, 0.1) is 5.92 Å². The zero-order valence-electron chi connectivity index (χ0n) is 13.4. The van der Waals surface area contributed by atoms with E-state index >= 15 is 0 Å². The largest absolute Gasteiger partial charge is 0.465 e. The molecular formula is C14H18BrN5O4. The van der Waals surface area contributed by atoms with E-state index in [1.807, 2.05) is 4.57 Å². The maximum atomic E-state index is 11.0. The van der Waals surface area contributed by atoms with Crippen molar-refractivity contribution in [2.45, 2.75) is 26.8 Å². The zero-order chi connectivity index (χ0) is 17.7. The first kappa shape index (κ1) is 18.1. The number of aryl methyl sites for hydroxylation is 1. The summed E-state index contributed by atoms with van der Waals surface area (Å²) in [7, 11) is 0. The van der Waals surface area contributed by atoms with Gasteiger partial charge in [0.1, 0.15) is 10.1 Å². The van der Waals surface area contributed by atoms with E-state index in [4.69, 9.17) is 15.2 Å². The van der Waals surface area contributed by atoms with Crippen LogP contribution in [0.15, 0.2) is 10.9 Å². The normalized spacial score (nSPS) is 11.0. The number of imidazole rings is 1. The second kappa shape index (κ2) is 8.04. The molecule has 24 heavy (non-hydrogen) atoms. The molecule has 2 aromatic heterocycles. The van der Waals surface area contributed by atoms with Crippen molar-refractivity contribution in [3.63, 3.8) is 0 Å². The summed E-state index contributed by atoms with van der Waals surface area (Å²) in [5, 5.41) is 0. The van der Waals surface area contributed by atoms with Gasteiger partial charge in [0.05, 0.1) is 19.5 Å². The highest BCUT2D eigenvalue weighted by atomic mass is 79.9. The first-order valence-corrected chi connectivity index (χ1v) is 8.06. The van der Waals surface area contributed by atoms with Crippen LogP contribution in [0.4, 0.5) is 5.95 Å². The SMILES string of the molecule is CC(=O)OCC(CCn1cnc2nc(N)nc(Br)c21)COC(C)=O. The number of carbonyl (C=O) groups excluding carboxylic acids is 2. The van der Waals surface area contributed by atoms with E-state index in [1.165, 1.54) is 13.8 Å². The minimum atomic E-state index is -0.373. The molecule has 0 saturated carbocycles. The number of hydrogen-bond donors (Lipinski definition) is 1. The lowest BCUT2D eigenvalue weighted by atomic mass is 10.1. The minimum absolute atomic E-state index is 0.122. The molecule has 0 aliphatic carbocycles. The molecule has 0 atom stereocenters. The molecule has 0 aliphatic rings. The Morgan fingerprint density at radius 1 is 1.25 bits per heavy atom. The number of esters is 2. The molecule has 9 nitrogen and oxygen atoms in total. The van der Waals surface area contributed by atoms with Crippen molar-refractivity contribution in [1.82, 2.24) is 19.5 Å². The van der Waals surface area contributed by atoms with Gasteiger partial charge in [0, 0.05) is 26.3 Å². The lowest BCUT2D eigenvalue weighted by Crippen LogP contribution is -2.21. The van der Waals surface area contributed by atoms with Crippen molar-refractivity contribution in [3.05, 3.63) is 10.9 Å². The van der Waals surface area contributed by atoms with E-state index in [1.54, 1.807) is 6.33 Å². The molecular weight excluding hydrogens is 382 g/mol. The second-order valence-electron chi connectivity index (χ2n) is 5.24. The topological polar surface area (TPSA) is 122 Å². The molecule has 2 N–H and O–H groups in total. The Balaban J connectivity index is 2.07. The molecule has 130 valence electrons. The van der Waals surface area contributed by atoms with Crippen LogP contribution in [-0.2, 0) is 25.6 Å². The fourth-order valence-corrected chi connectivity index (χ4v) is 2.71. The molecule has 0 amide bonds. The van der Waals surface area contributed by atoms with E-state index in [-0.39, 0.29) is 37.0 Å². The van der Waals surface area contributed by atoms with Crippen molar-refractivity contribution in [2.24, 2.45) is 5.92 Å². The Kier molecular flexibility index (Phi) is 6.07. The van der Waals surface area contributed by atoms with Crippen molar-refractivity contribution >= 4 is 45.0 Å². The maximum absolute atomic E-state index is 11.0. The average molecular weight is 400 g/mol. The molecule has 0 radical (unpaired) electrons. The van der Waals surface area contributed by atoms with Crippen LogP contribution < -0.4 is 5.73 Å². The van der Waals surface area contributed by atoms with E-state index in [9.17, 15) is 9.59 Å². The first-order valence-electron chi connectivity index (χ1n) is 7.27. The third-order valence-electron chi connectivity index (χ3n) is 3.27. The van der Waals surface area contributed by atoms with Crippen LogP contribution in [0.25, 0.3) is 11.2 Å². The Morgan fingerprint density at radius 3 is 2.46 bits per heavy atom. The Hall–Kier alpha value is -2.23. The lowest BCUT2D eigenvalue weighted by Gasteiger charge is -2.17. The number of carbonyl (C=O) groups is 2. The molecule has 0 spiro atoms. The molecule has 0 unspecified atom stereocenters. The van der Waals surface area contributed by atoms with Gasteiger partial charge in [-0.05, 0) is 22.4 Å². The van der Waals surface area contributed by atoms with E-state index in [2.05, 4.69) is 30.9 Å². The maximum Gasteiger partial charge on any atom is 0.302 e. The van der Waals surface area contributed by atoms with Gasteiger partial charge in [0.15, 0.2) is 5.65 Å². The number of ether oxygens (including phenoxy) is 2. The second-order valence-corrected chi connectivity index (χ2v) is 5.99. The fraction of sp³-hybridized carbons (Fsp3) is 0.500. The summed E-state index contributed by atoms with van der Waals surface area (Å²) in [6.07, 6.45) is 2.25. The molecule has 0 aromatic carbocycles. The lowest BCUT2D eigenvalue weighted by molar-refractivity contribution is -0.146. The number of nitrogens with zero attached hydrogens (tertiary/aromatic N) is 4. The van der Waals surface area contributed by atoms with Crippen molar-refractivity contribution in [2.75, 3.05) is 18.9 Å². The van der Waals surface area contributed by atoms with E-state index in [0.29, 0.717) is 23.2 Å². The number of rotatable bonds is 7. The van der Waals surface area contributed by atoms with Crippen LogP contribution in [0.1, 0.15) is 20.3 Å². The predicted octanol–water partition coefficient (Wildman–Crippen LogP) is 1.30. The molecule has 2 aromatic rings. The highest BCUT2D eigenvalue weighted by Gasteiger charge is 2.16. The molecule has 2 heterocycles. The third-order valence-corrected chi connectivity index (χ3v) is 3.82. The highest BCUT2D eigenvalue weighted by Crippen LogP contribution is 2.22. The average Bonchev–Trinajstić information content (AvgIpc) is 2.89. The molecule has 0 aliphatic heterocycles. The summed E-state index contributed by atoms with van der Waals surface area (Å²) in [6, 6.07) is 0. The molecule has 2 rings (SSSR count). The van der Waals surface area contributed by atoms with Crippen LogP contribution in [0.2, 0.25) is 0 Å². The van der Waals surface area contributed by atoms with Gasteiger partial charge in [-0.2, -0.15) is 4.98 Å². The van der Waals surface area contributed by atoms with E-state index < -0.39 is 0 Å². The number of anilines is 1. The van der Waals surface area contributed by atoms with Gasteiger partial charge in [0.2, 0.25) is 5.95 Å². The summed E-state index contributed by atoms with van der Waals surface area (Å²) in [5.41, 5.74) is 6.81. The van der Waals surface area contributed by atoms with Crippen LogP contribution in [0.5, 0.6) is 0 Å². The van der Waals surface area contributed by atoms with Crippen LogP contribution in [0.3, 0.4) is 0 Å². The zero-order valence-corrected chi connectivity index (χ0v) is 14.9.